The minimum Gasteiger partial charge on any atom is -0.496 e. The summed E-state index contributed by atoms with van der Waals surface area (Å²) in [6.45, 7) is 6.85. The Hall–Kier alpha value is -1.62. The zero-order valence-electron chi connectivity index (χ0n) is 12.4. The van der Waals surface area contributed by atoms with Crippen molar-refractivity contribution in [2.45, 2.75) is 32.7 Å². The fourth-order valence-electron chi connectivity index (χ4n) is 2.77. The van der Waals surface area contributed by atoms with Crippen molar-refractivity contribution in [2.75, 3.05) is 20.2 Å². The highest BCUT2D eigenvalue weighted by atomic mass is 19.1. The van der Waals surface area contributed by atoms with Gasteiger partial charge in [0.05, 0.1) is 24.6 Å². The Morgan fingerprint density at radius 1 is 1.40 bits per heavy atom. The van der Waals surface area contributed by atoms with Crippen LogP contribution in [0.15, 0.2) is 18.2 Å². The zero-order chi connectivity index (χ0) is 15.3. The molecule has 0 bridgehead atoms. The molecule has 1 unspecified atom stereocenters. The van der Waals surface area contributed by atoms with E-state index in [1.54, 1.807) is 19.1 Å². The van der Waals surface area contributed by atoms with Crippen LogP contribution in [0.4, 0.5) is 4.39 Å². The number of ether oxygens (including phenoxy) is 1. The van der Waals surface area contributed by atoms with E-state index in [1.165, 1.54) is 13.2 Å². The van der Waals surface area contributed by atoms with E-state index in [4.69, 9.17) is 4.74 Å². The molecule has 0 aliphatic rings. The topological polar surface area (TPSA) is 49.8 Å². The summed E-state index contributed by atoms with van der Waals surface area (Å²) in [5, 5.41) is 9.21. The molecule has 0 saturated heterocycles. The number of rotatable bonds is 7. The highest BCUT2D eigenvalue weighted by molar-refractivity contribution is 5.69. The van der Waals surface area contributed by atoms with E-state index in [0.717, 1.165) is 0 Å². The van der Waals surface area contributed by atoms with Crippen molar-refractivity contribution in [3.8, 4) is 5.75 Å². The van der Waals surface area contributed by atoms with Crippen LogP contribution in [0.5, 0.6) is 5.75 Å². The maximum absolute atomic E-state index is 14.3. The minimum absolute atomic E-state index is 0.189. The average molecular weight is 283 g/mol. The molecule has 0 fully saturated rings. The second-order valence-corrected chi connectivity index (χ2v) is 4.83. The zero-order valence-corrected chi connectivity index (χ0v) is 12.4. The molecule has 1 N–H and O–H groups in total. The van der Waals surface area contributed by atoms with Crippen LogP contribution in [-0.2, 0) is 10.3 Å². The number of benzene rings is 1. The van der Waals surface area contributed by atoms with Crippen molar-refractivity contribution in [1.29, 1.82) is 0 Å². The monoisotopic (exact) mass is 283 g/mol. The van der Waals surface area contributed by atoms with Crippen LogP contribution >= 0.6 is 0 Å². The second kappa shape index (κ2) is 6.70. The van der Waals surface area contributed by atoms with Gasteiger partial charge in [-0.25, -0.2) is 4.39 Å². The van der Waals surface area contributed by atoms with Crippen molar-refractivity contribution >= 4 is 5.97 Å². The van der Waals surface area contributed by atoms with Gasteiger partial charge in [0.15, 0.2) is 0 Å². The maximum Gasteiger partial charge on any atom is 0.305 e. The van der Waals surface area contributed by atoms with Crippen LogP contribution in [0.25, 0.3) is 0 Å². The summed E-state index contributed by atoms with van der Waals surface area (Å²) in [5.74, 6) is -1.04. The summed E-state index contributed by atoms with van der Waals surface area (Å²) < 4.78 is 19.5. The number of methoxy groups -OCH3 is 1. The second-order valence-electron chi connectivity index (χ2n) is 4.83. The molecule has 5 heteroatoms. The third-order valence-corrected chi connectivity index (χ3v) is 3.69. The Kier molecular flexibility index (Phi) is 5.51. The van der Waals surface area contributed by atoms with E-state index in [2.05, 4.69) is 0 Å². The Morgan fingerprint density at radius 2 is 2.00 bits per heavy atom. The molecule has 0 spiro atoms. The molecule has 1 atom stereocenters. The van der Waals surface area contributed by atoms with Gasteiger partial charge in [-0.2, -0.15) is 0 Å². The van der Waals surface area contributed by atoms with Gasteiger partial charge in [-0.05, 0) is 32.1 Å². The van der Waals surface area contributed by atoms with Crippen LogP contribution in [0.3, 0.4) is 0 Å². The molecular formula is C15H22FNO3. The molecule has 1 rings (SSSR count). The van der Waals surface area contributed by atoms with Crippen LogP contribution < -0.4 is 4.74 Å². The first kappa shape index (κ1) is 16.4. The predicted molar refractivity (Wildman–Crippen MR) is 75.5 cm³/mol. The number of carbonyl (C=O) groups is 1. The fourth-order valence-corrected chi connectivity index (χ4v) is 2.77. The number of nitrogens with zero attached hydrogens (tertiary/aromatic N) is 1. The highest BCUT2D eigenvalue weighted by Crippen LogP contribution is 2.39. The van der Waals surface area contributed by atoms with Gasteiger partial charge in [0.2, 0.25) is 0 Å². The lowest BCUT2D eigenvalue weighted by Crippen LogP contribution is -2.46. The summed E-state index contributed by atoms with van der Waals surface area (Å²) in [5.41, 5.74) is -0.653. The third-order valence-electron chi connectivity index (χ3n) is 3.69. The van der Waals surface area contributed by atoms with Crippen LogP contribution in [0.1, 0.15) is 32.8 Å². The summed E-state index contributed by atoms with van der Waals surface area (Å²) in [6, 6.07) is 4.55. The van der Waals surface area contributed by atoms with Crippen molar-refractivity contribution in [1.82, 2.24) is 4.90 Å². The lowest BCUT2D eigenvalue weighted by molar-refractivity contribution is -0.140. The van der Waals surface area contributed by atoms with Crippen LogP contribution in [-0.4, -0.2) is 36.2 Å². The average Bonchev–Trinajstić information content (AvgIpc) is 2.38. The largest absolute Gasteiger partial charge is 0.496 e. The van der Waals surface area contributed by atoms with Gasteiger partial charge in [0, 0.05) is 0 Å². The number of hydrogen-bond acceptors (Lipinski definition) is 3. The normalized spacial score (nSPS) is 14.1. The first-order chi connectivity index (χ1) is 9.40. The number of hydrogen-bond donors (Lipinski definition) is 1. The van der Waals surface area contributed by atoms with Crippen molar-refractivity contribution in [2.24, 2.45) is 0 Å². The molecular weight excluding hydrogens is 261 g/mol. The van der Waals surface area contributed by atoms with E-state index in [9.17, 15) is 14.3 Å². The minimum atomic E-state index is -0.968. The quantitative estimate of drug-likeness (QED) is 0.836. The third kappa shape index (κ3) is 3.10. The number of carboxylic acids is 1. The molecule has 0 aromatic heterocycles. The summed E-state index contributed by atoms with van der Waals surface area (Å²) in [7, 11) is 1.46. The summed E-state index contributed by atoms with van der Waals surface area (Å²) in [4.78, 5) is 13.2. The van der Waals surface area contributed by atoms with Crippen LogP contribution in [0.2, 0.25) is 0 Å². The lowest BCUT2D eigenvalue weighted by Gasteiger charge is -2.40. The van der Waals surface area contributed by atoms with E-state index in [0.29, 0.717) is 24.4 Å². The Labute approximate surface area is 119 Å². The van der Waals surface area contributed by atoms with Gasteiger partial charge in [-0.15, -0.1) is 0 Å². The Balaban J connectivity index is 3.48. The molecule has 1 aromatic carbocycles. The van der Waals surface area contributed by atoms with Crippen molar-refractivity contribution in [3.63, 3.8) is 0 Å². The number of halogens is 1. The predicted octanol–water partition coefficient (Wildman–Crippen LogP) is 2.87. The smallest absolute Gasteiger partial charge is 0.305 e. The van der Waals surface area contributed by atoms with Gasteiger partial charge in [-0.3, -0.25) is 9.69 Å². The first-order valence-corrected chi connectivity index (χ1v) is 6.70. The maximum atomic E-state index is 14.3. The Bertz CT molecular complexity index is 474. The number of aliphatic carboxylic acids is 1. The van der Waals surface area contributed by atoms with Gasteiger partial charge in [0.1, 0.15) is 11.6 Å². The van der Waals surface area contributed by atoms with E-state index in [1.807, 2.05) is 18.7 Å². The molecule has 20 heavy (non-hydrogen) atoms. The molecule has 112 valence electrons. The van der Waals surface area contributed by atoms with E-state index < -0.39 is 17.3 Å². The molecule has 0 radical (unpaired) electrons. The van der Waals surface area contributed by atoms with Crippen molar-refractivity contribution < 1.29 is 19.0 Å². The molecule has 0 amide bonds. The Morgan fingerprint density at radius 3 is 2.45 bits per heavy atom. The SMILES string of the molecule is CCN(CC)C(C)(CC(=O)O)c1c(F)cccc1OC. The highest BCUT2D eigenvalue weighted by Gasteiger charge is 2.39. The standard InChI is InChI=1S/C15H22FNO3/c1-5-17(6-2)15(3,10-13(18)19)14-11(16)8-7-9-12(14)20-4/h7-9H,5-6,10H2,1-4H3,(H,18,19). The lowest BCUT2D eigenvalue weighted by atomic mass is 9.85. The van der Waals surface area contributed by atoms with Gasteiger partial charge in [0.25, 0.3) is 0 Å². The van der Waals surface area contributed by atoms with Gasteiger partial charge >= 0.3 is 5.97 Å². The fraction of sp³-hybridized carbons (Fsp3) is 0.533. The van der Waals surface area contributed by atoms with E-state index >= 15 is 0 Å². The molecule has 1 aromatic rings. The van der Waals surface area contributed by atoms with Crippen LogP contribution in [0, 0.1) is 5.82 Å². The van der Waals surface area contributed by atoms with Gasteiger partial charge in [-0.1, -0.05) is 19.9 Å². The first-order valence-electron chi connectivity index (χ1n) is 6.70. The molecule has 0 aliphatic carbocycles. The summed E-state index contributed by atoms with van der Waals surface area (Å²) >= 11 is 0. The molecule has 0 heterocycles. The number of carboxylic acid groups (broad SMARTS) is 1. The van der Waals surface area contributed by atoms with Gasteiger partial charge < -0.3 is 9.84 Å². The molecule has 0 saturated carbocycles. The summed E-state index contributed by atoms with van der Waals surface area (Å²) in [6.07, 6.45) is -0.189. The van der Waals surface area contributed by atoms with Crippen molar-refractivity contribution in [3.05, 3.63) is 29.6 Å². The van der Waals surface area contributed by atoms with E-state index in [-0.39, 0.29) is 6.42 Å². The molecule has 4 nitrogen and oxygen atoms in total. The molecule has 0 aliphatic heterocycles.